The first-order chi connectivity index (χ1) is 31.2. The number of aromatic nitrogens is 5. The quantitative estimate of drug-likeness (QED) is 0.163. The Kier molecular flexibility index (Phi) is 7.87. The van der Waals surface area contributed by atoms with Crippen LogP contribution in [0.3, 0.4) is 0 Å². The number of hydrogen-bond acceptors (Lipinski definition) is 3. The van der Waals surface area contributed by atoms with E-state index >= 15 is 0 Å². The van der Waals surface area contributed by atoms with Crippen molar-refractivity contribution >= 4 is 66.7 Å². The molecule has 4 aliphatic rings. The molecule has 2 saturated carbocycles. The summed E-state index contributed by atoms with van der Waals surface area (Å²) in [6.07, 6.45) is 16.2. The van der Waals surface area contributed by atoms with E-state index in [4.69, 9.17) is 9.97 Å². The average molecular weight is 812 g/mol. The van der Waals surface area contributed by atoms with Gasteiger partial charge in [-0.3, -0.25) is 0 Å². The van der Waals surface area contributed by atoms with Crippen LogP contribution in [0.5, 0.6) is 0 Å². The molecule has 2 aliphatic carbocycles. The summed E-state index contributed by atoms with van der Waals surface area (Å²) in [5.74, 6) is 1.83. The summed E-state index contributed by atoms with van der Waals surface area (Å²) in [4.78, 5) is 13.8. The van der Waals surface area contributed by atoms with E-state index in [9.17, 15) is 0 Å². The van der Waals surface area contributed by atoms with Crippen molar-refractivity contribution in [3.63, 3.8) is 0 Å². The van der Waals surface area contributed by atoms with Gasteiger partial charge in [0.15, 0.2) is 5.82 Å². The van der Waals surface area contributed by atoms with Crippen molar-refractivity contribution in [2.45, 2.75) is 76.0 Å². The van der Waals surface area contributed by atoms with Gasteiger partial charge in [-0.25, -0.2) is 15.0 Å². The van der Waals surface area contributed by atoms with E-state index in [-0.39, 0.29) is 6.71 Å². The predicted octanol–water partition coefficient (Wildman–Crippen LogP) is 12.3. The minimum absolute atomic E-state index is 0.0651. The molecule has 0 bridgehead atoms. The molecule has 10 aromatic rings. The highest BCUT2D eigenvalue weighted by Gasteiger charge is 2.42. The monoisotopic (exact) mass is 811 g/mol. The molecule has 0 radical (unpaired) electrons. The van der Waals surface area contributed by atoms with Crippen LogP contribution in [0.1, 0.15) is 87.2 Å². The number of rotatable bonds is 5. The van der Waals surface area contributed by atoms with Crippen LogP contribution in [-0.2, 0) is 0 Å². The smallest absolute Gasteiger partial charge is 0.252 e. The molecular formula is C57H46BN5. The Morgan fingerprint density at radius 3 is 1.38 bits per heavy atom. The van der Waals surface area contributed by atoms with Crippen molar-refractivity contribution in [2.24, 2.45) is 0 Å². The first-order valence-corrected chi connectivity index (χ1v) is 23.4. The zero-order valence-corrected chi connectivity index (χ0v) is 35.4. The molecule has 63 heavy (non-hydrogen) atoms. The van der Waals surface area contributed by atoms with E-state index in [2.05, 4.69) is 148 Å². The Morgan fingerprint density at radius 1 is 0.429 bits per heavy atom. The molecule has 3 aromatic heterocycles. The first kappa shape index (κ1) is 35.8. The molecule has 0 N–H and O–H groups in total. The van der Waals surface area contributed by atoms with Gasteiger partial charge in [0.1, 0.15) is 12.7 Å². The van der Waals surface area contributed by atoms with Crippen LogP contribution in [0.25, 0.3) is 88.6 Å². The summed E-state index contributed by atoms with van der Waals surface area (Å²) in [6, 6.07) is 51.5. The lowest BCUT2D eigenvalue weighted by atomic mass is 9.34. The third-order valence-corrected chi connectivity index (χ3v) is 15.5. The van der Waals surface area contributed by atoms with Gasteiger partial charge in [-0.2, -0.15) is 0 Å². The van der Waals surface area contributed by atoms with Crippen molar-refractivity contribution in [3.8, 4) is 45.0 Å². The second kappa shape index (κ2) is 13.9. The van der Waals surface area contributed by atoms with E-state index in [0.717, 1.165) is 5.56 Å². The zero-order chi connectivity index (χ0) is 41.2. The van der Waals surface area contributed by atoms with Gasteiger partial charge in [-0.05, 0) is 136 Å². The predicted molar refractivity (Wildman–Crippen MR) is 261 cm³/mol. The minimum Gasteiger partial charge on any atom is -0.310 e. The fourth-order valence-electron chi connectivity index (χ4n) is 12.6. The van der Waals surface area contributed by atoms with Crippen molar-refractivity contribution in [3.05, 3.63) is 157 Å². The van der Waals surface area contributed by atoms with Gasteiger partial charge < -0.3 is 9.13 Å². The van der Waals surface area contributed by atoms with Crippen LogP contribution in [0, 0.1) is 0 Å². The van der Waals surface area contributed by atoms with Gasteiger partial charge in [0.25, 0.3) is 6.71 Å². The Hall–Kier alpha value is -6.79. The molecule has 5 nitrogen and oxygen atoms in total. The summed E-state index contributed by atoms with van der Waals surface area (Å²) < 4.78 is 5.23. The lowest BCUT2D eigenvalue weighted by Crippen LogP contribution is -2.59. The fraction of sp³-hybridized carbons (Fsp3) is 0.211. The Bertz CT molecular complexity index is 3260. The zero-order valence-electron chi connectivity index (χ0n) is 35.4. The standard InChI is InChI=1S/C57H46BN5/c1-5-13-35(14-6-1)39-21-23-50-44(25-39)46-27-41(37-17-9-3-10-18-37)29-48-55(46)62(50)52-31-43(57-60-33-59-34-61-57)32-53-54(52)58(48)49-30-42(38-19-11-4-12-20-38)28-47-45-26-40(36-15-7-2-8-16-36)22-24-51(45)63(53)56(47)49/h1-2,5-8,13-16,21-34,37-38H,3-4,9-12,17-20H2. The lowest BCUT2D eigenvalue weighted by Gasteiger charge is -2.35. The second-order valence-corrected chi connectivity index (χ2v) is 18.9. The third kappa shape index (κ3) is 5.33. The Morgan fingerprint density at radius 2 is 0.905 bits per heavy atom. The van der Waals surface area contributed by atoms with Crippen LogP contribution < -0.4 is 16.4 Å². The van der Waals surface area contributed by atoms with Crippen LogP contribution >= 0.6 is 0 Å². The third-order valence-electron chi connectivity index (χ3n) is 15.5. The van der Waals surface area contributed by atoms with Gasteiger partial charge in [0.05, 0.1) is 11.0 Å². The van der Waals surface area contributed by atoms with E-state index in [1.165, 1.54) is 169 Å². The molecule has 0 spiro atoms. The minimum atomic E-state index is 0.0651. The topological polar surface area (TPSA) is 48.5 Å². The highest BCUT2D eigenvalue weighted by molar-refractivity contribution is 7.00. The van der Waals surface area contributed by atoms with Crippen molar-refractivity contribution in [1.29, 1.82) is 0 Å². The van der Waals surface area contributed by atoms with Crippen LogP contribution in [0.2, 0.25) is 0 Å². The van der Waals surface area contributed by atoms with Crippen molar-refractivity contribution in [1.82, 2.24) is 24.1 Å². The number of benzene rings is 7. The number of hydrogen-bond donors (Lipinski definition) is 0. The fourth-order valence-corrected chi connectivity index (χ4v) is 12.6. The average Bonchev–Trinajstić information content (AvgIpc) is 3.88. The van der Waals surface area contributed by atoms with Crippen LogP contribution in [0.4, 0.5) is 0 Å². The van der Waals surface area contributed by atoms with Crippen molar-refractivity contribution in [2.75, 3.05) is 0 Å². The van der Waals surface area contributed by atoms with Gasteiger partial charge in [-0.1, -0.05) is 123 Å². The summed E-state index contributed by atoms with van der Waals surface area (Å²) >= 11 is 0. The molecule has 5 heterocycles. The SMILES string of the molecule is c1ccc(-c2ccc3c(c2)c2cc(C4CCCCC4)cc4c2n3-c2cc(-c3ncncn3)cc3c2B4c2cc(C4CCCCC4)cc4c5cc(-c6ccccc6)ccc5n-3c24)cc1. The highest BCUT2D eigenvalue weighted by Crippen LogP contribution is 2.45. The molecule has 7 aromatic carbocycles. The molecular weight excluding hydrogens is 765 g/mol. The van der Waals surface area contributed by atoms with Gasteiger partial charge >= 0.3 is 0 Å². The molecule has 0 unspecified atom stereocenters. The molecule has 6 heteroatoms. The summed E-state index contributed by atoms with van der Waals surface area (Å²) in [6.45, 7) is 0.0651. The normalized spacial score (nSPS) is 16.1. The van der Waals surface area contributed by atoms with Gasteiger partial charge in [-0.15, -0.1) is 0 Å². The molecule has 0 saturated heterocycles. The molecule has 0 amide bonds. The summed E-state index contributed by atoms with van der Waals surface area (Å²) in [5.41, 5.74) is 21.0. The van der Waals surface area contributed by atoms with Gasteiger partial charge in [0.2, 0.25) is 0 Å². The van der Waals surface area contributed by atoms with E-state index in [0.29, 0.717) is 17.7 Å². The number of fused-ring (bicyclic) bond motifs is 10. The molecule has 2 aliphatic heterocycles. The van der Waals surface area contributed by atoms with Crippen molar-refractivity contribution < 1.29 is 0 Å². The largest absolute Gasteiger partial charge is 0.310 e. The maximum Gasteiger partial charge on any atom is 0.252 e. The first-order valence-electron chi connectivity index (χ1n) is 23.4. The highest BCUT2D eigenvalue weighted by atomic mass is 15.0. The van der Waals surface area contributed by atoms with E-state index < -0.39 is 0 Å². The Balaban J connectivity index is 1.14. The molecule has 0 atom stereocenters. The van der Waals surface area contributed by atoms with E-state index in [1.54, 1.807) is 12.7 Å². The lowest BCUT2D eigenvalue weighted by molar-refractivity contribution is 0.444. The van der Waals surface area contributed by atoms with Crippen LogP contribution in [0.15, 0.2) is 146 Å². The molecule has 302 valence electrons. The van der Waals surface area contributed by atoms with E-state index in [1.807, 2.05) is 0 Å². The summed E-state index contributed by atoms with van der Waals surface area (Å²) in [5, 5.41) is 5.39. The number of nitrogens with zero attached hydrogens (tertiary/aromatic N) is 5. The maximum absolute atomic E-state index is 4.77. The molecule has 14 rings (SSSR count). The second-order valence-electron chi connectivity index (χ2n) is 18.9. The molecule has 2 fully saturated rings. The summed E-state index contributed by atoms with van der Waals surface area (Å²) in [7, 11) is 0. The van der Waals surface area contributed by atoms with Crippen LogP contribution in [-0.4, -0.2) is 30.8 Å². The maximum atomic E-state index is 4.77. The Labute approximate surface area is 367 Å². The van der Waals surface area contributed by atoms with Gasteiger partial charge in [0, 0.05) is 49.5 Å².